The van der Waals surface area contributed by atoms with E-state index in [0.717, 1.165) is 0 Å². The van der Waals surface area contributed by atoms with E-state index in [0.29, 0.717) is 0 Å². The van der Waals surface area contributed by atoms with Gasteiger partial charge < -0.3 is 0 Å². The third kappa shape index (κ3) is 8.87. The van der Waals surface area contributed by atoms with E-state index in [1.807, 2.05) is 0 Å². The van der Waals surface area contributed by atoms with E-state index in [1.165, 1.54) is 0 Å². The van der Waals surface area contributed by atoms with Crippen molar-refractivity contribution >= 4 is 28.8 Å². The summed E-state index contributed by atoms with van der Waals surface area (Å²) in [6, 6.07) is 0. The molecule has 0 rings (SSSR count). The molecular formula is H4LaLiPTi. The van der Waals surface area contributed by atoms with Crippen LogP contribution in [0, 0.1) is 35.6 Å². The second-order valence-electron chi connectivity index (χ2n) is 0. The van der Waals surface area contributed by atoms with Gasteiger partial charge in [0.25, 0.3) is 0 Å². The van der Waals surface area contributed by atoms with Gasteiger partial charge in [0.1, 0.15) is 0 Å². The minimum absolute atomic E-state index is 0. The molecule has 0 amide bonds. The predicted octanol–water partition coefficient (Wildman–Crippen LogP) is -0.593. The zero-order valence-corrected chi connectivity index (χ0v) is 8.39. The standard InChI is InChI=1S/La.Li.H3P.Ti.H/h;;1H3;;. The molecule has 0 N–H and O–H groups in total. The molecule has 1 unspecified atom stereocenters. The molecule has 0 aliphatic rings. The van der Waals surface area contributed by atoms with Gasteiger partial charge in [-0.1, -0.05) is 0 Å². The minimum Gasteiger partial charge on any atom is 0 e. The van der Waals surface area contributed by atoms with Gasteiger partial charge in [-0.2, -0.15) is 9.90 Å². The minimum atomic E-state index is 0. The molecule has 0 nitrogen and oxygen atoms in total. The van der Waals surface area contributed by atoms with Crippen molar-refractivity contribution in [3.8, 4) is 0 Å². The fourth-order valence-corrected chi connectivity index (χ4v) is 0. The quantitative estimate of drug-likeness (QED) is 0.384. The van der Waals surface area contributed by atoms with Crippen molar-refractivity contribution in [2.75, 3.05) is 0 Å². The maximum Gasteiger partial charge on any atom is 0 e. The normalized spacial score (nSPS) is 0. The van der Waals surface area contributed by atoms with Gasteiger partial charge in [-0.05, 0) is 0 Å². The summed E-state index contributed by atoms with van der Waals surface area (Å²) < 4.78 is 0. The monoisotopic (exact) mass is 229 g/mol. The largest absolute Gasteiger partial charge is 0 e. The molecular weight excluding hydrogens is 225 g/mol. The molecule has 0 bridgehead atoms. The second-order valence-corrected chi connectivity index (χ2v) is 0. The summed E-state index contributed by atoms with van der Waals surface area (Å²) in [6.45, 7) is 0. The van der Waals surface area contributed by atoms with Crippen molar-refractivity contribution in [1.29, 1.82) is 0 Å². The topological polar surface area (TPSA) is 0 Å². The molecule has 0 aromatic heterocycles. The summed E-state index contributed by atoms with van der Waals surface area (Å²) in [5.41, 5.74) is 0. The van der Waals surface area contributed by atoms with Gasteiger partial charge in [0, 0.05) is 57.3 Å². The third-order valence-corrected chi connectivity index (χ3v) is 0. The van der Waals surface area contributed by atoms with Gasteiger partial charge in [0.05, 0.1) is 0 Å². The van der Waals surface area contributed by atoms with Crippen molar-refractivity contribution in [1.82, 2.24) is 0 Å². The van der Waals surface area contributed by atoms with Crippen LogP contribution in [0.1, 0.15) is 0 Å². The summed E-state index contributed by atoms with van der Waals surface area (Å²) in [5.74, 6) is 0. The fraction of sp³-hybridized carbons (Fsp3) is 0. The van der Waals surface area contributed by atoms with Crippen LogP contribution in [0.25, 0.3) is 0 Å². The van der Waals surface area contributed by atoms with E-state index in [4.69, 9.17) is 0 Å². The number of rotatable bonds is 0. The molecule has 0 heterocycles. The molecule has 0 aliphatic heterocycles. The fourth-order valence-electron chi connectivity index (χ4n) is 0. The molecule has 0 fully saturated rings. The summed E-state index contributed by atoms with van der Waals surface area (Å²) in [6.07, 6.45) is 0. The maximum atomic E-state index is 0. The zero-order chi connectivity index (χ0) is 0. The Morgan fingerprint density at radius 1 is 1.00 bits per heavy atom. The summed E-state index contributed by atoms with van der Waals surface area (Å²) >= 11 is 0. The summed E-state index contributed by atoms with van der Waals surface area (Å²) in [5, 5.41) is 0. The van der Waals surface area contributed by atoms with Crippen molar-refractivity contribution in [2.45, 2.75) is 0 Å². The Labute approximate surface area is 84.5 Å². The Morgan fingerprint density at radius 2 is 1.00 bits per heavy atom. The number of hydrogen-bond acceptors (Lipinski definition) is 0. The number of hydrogen-bond donors (Lipinski definition) is 0. The van der Waals surface area contributed by atoms with E-state index >= 15 is 0 Å². The van der Waals surface area contributed by atoms with E-state index < -0.39 is 0 Å². The summed E-state index contributed by atoms with van der Waals surface area (Å²) in [7, 11) is 0. The van der Waals surface area contributed by atoms with Gasteiger partial charge in [-0.15, -0.1) is 0 Å². The molecule has 0 aromatic carbocycles. The third-order valence-electron chi connectivity index (χ3n) is 0. The zero-order valence-electron chi connectivity index (χ0n) is 1.78. The van der Waals surface area contributed by atoms with Crippen LogP contribution < -0.4 is 0 Å². The Morgan fingerprint density at radius 3 is 1.00 bits per heavy atom. The summed E-state index contributed by atoms with van der Waals surface area (Å²) in [4.78, 5) is 0. The Kier molecular flexibility index (Phi) is 119. The smallest absolute Gasteiger partial charge is 0 e. The van der Waals surface area contributed by atoms with Crippen LogP contribution in [0.15, 0.2) is 0 Å². The second kappa shape index (κ2) is 16.8. The first-order valence-corrected chi connectivity index (χ1v) is 0. The van der Waals surface area contributed by atoms with Gasteiger partial charge in [0.15, 0.2) is 0 Å². The van der Waals surface area contributed by atoms with Crippen LogP contribution in [0.4, 0.5) is 0 Å². The molecule has 0 spiro atoms. The van der Waals surface area contributed by atoms with E-state index in [1.54, 1.807) is 0 Å². The van der Waals surface area contributed by atoms with Crippen LogP contribution in [0.2, 0.25) is 0 Å². The Balaban J connectivity index is 0. The molecule has 0 saturated carbocycles. The van der Waals surface area contributed by atoms with Gasteiger partial charge in [-0.3, -0.25) is 0 Å². The Hall–Kier alpha value is 2.94. The molecule has 1 radical (unpaired) electrons. The average molecular weight is 229 g/mol. The van der Waals surface area contributed by atoms with Gasteiger partial charge in [-0.25, -0.2) is 0 Å². The van der Waals surface area contributed by atoms with E-state index in [-0.39, 0.29) is 86.1 Å². The van der Waals surface area contributed by atoms with E-state index in [9.17, 15) is 0 Å². The van der Waals surface area contributed by atoms with Crippen LogP contribution in [-0.2, 0) is 21.7 Å². The molecule has 0 saturated heterocycles. The Bertz CT molecular complexity index is 8.00. The molecule has 0 aliphatic carbocycles. The first-order valence-electron chi connectivity index (χ1n) is 0. The van der Waals surface area contributed by atoms with Crippen LogP contribution in [0.3, 0.4) is 0 Å². The van der Waals surface area contributed by atoms with Crippen LogP contribution >= 0.6 is 9.90 Å². The first-order chi connectivity index (χ1) is 0. The van der Waals surface area contributed by atoms with Crippen LogP contribution in [0.5, 0.6) is 0 Å². The van der Waals surface area contributed by atoms with Crippen molar-refractivity contribution in [3.05, 3.63) is 0 Å². The van der Waals surface area contributed by atoms with Crippen LogP contribution in [-0.4, -0.2) is 18.9 Å². The molecule has 17 valence electrons. The van der Waals surface area contributed by atoms with Gasteiger partial charge in [0.2, 0.25) is 0 Å². The molecule has 4 heteroatoms. The predicted molar refractivity (Wildman–Crippen MR) is 18.3 cm³/mol. The van der Waals surface area contributed by atoms with E-state index in [2.05, 4.69) is 0 Å². The maximum absolute atomic E-state index is 0. The van der Waals surface area contributed by atoms with Crippen molar-refractivity contribution in [2.24, 2.45) is 0 Å². The SMILES string of the molecule is P.[La].[LiH].[Ti]. The molecule has 4 heavy (non-hydrogen) atoms. The molecule has 0 aromatic rings. The van der Waals surface area contributed by atoms with Gasteiger partial charge >= 0.3 is 18.9 Å². The first kappa shape index (κ1) is 28.3. The molecule has 1 atom stereocenters. The van der Waals surface area contributed by atoms with Crippen molar-refractivity contribution < 1.29 is 57.3 Å². The average Bonchev–Trinajstić information content (AvgIpc) is 0. The van der Waals surface area contributed by atoms with Crippen molar-refractivity contribution in [3.63, 3.8) is 0 Å².